The molecule has 3 heterocycles. The molecule has 0 fully saturated rings. The molecular weight excluding hydrogens is 374 g/mol. The van der Waals surface area contributed by atoms with E-state index in [0.29, 0.717) is 21.7 Å². The van der Waals surface area contributed by atoms with Crippen LogP contribution in [-0.2, 0) is 10.0 Å². The highest BCUT2D eigenvalue weighted by molar-refractivity contribution is 7.90. The normalized spacial score (nSPS) is 11.7. The first-order valence-corrected chi connectivity index (χ1v) is 9.35. The van der Waals surface area contributed by atoms with Gasteiger partial charge >= 0.3 is 0 Å². The number of aromatic nitrogens is 4. The molecule has 0 aliphatic heterocycles. The van der Waals surface area contributed by atoms with Crippen molar-refractivity contribution in [2.45, 2.75) is 4.90 Å². The average Bonchev–Trinajstić information content (AvgIpc) is 3.04. The first kappa shape index (κ1) is 16.5. The third-order valence-corrected chi connectivity index (χ3v) is 5.83. The number of halogens is 1. The summed E-state index contributed by atoms with van der Waals surface area (Å²) in [5.41, 5.74) is 6.85. The predicted octanol–water partition coefficient (Wildman–Crippen LogP) is 2.97. The molecule has 0 spiro atoms. The molecule has 1 aromatic carbocycles. The van der Waals surface area contributed by atoms with Crippen molar-refractivity contribution in [1.29, 1.82) is 0 Å². The Kier molecular flexibility index (Phi) is 3.86. The molecule has 0 unspecified atom stereocenters. The molecule has 0 aliphatic carbocycles. The minimum absolute atomic E-state index is 0.0781. The van der Waals surface area contributed by atoms with Gasteiger partial charge in [-0.05, 0) is 24.3 Å². The van der Waals surface area contributed by atoms with Crippen LogP contribution in [0.25, 0.3) is 22.3 Å². The highest BCUT2D eigenvalue weighted by Gasteiger charge is 2.24. The van der Waals surface area contributed by atoms with E-state index in [1.807, 2.05) is 0 Å². The molecule has 2 N–H and O–H groups in total. The molecule has 0 amide bonds. The summed E-state index contributed by atoms with van der Waals surface area (Å²) in [5, 5.41) is 0.843. The van der Waals surface area contributed by atoms with E-state index in [2.05, 4.69) is 15.0 Å². The predicted molar refractivity (Wildman–Crippen MR) is 99.2 cm³/mol. The van der Waals surface area contributed by atoms with Crippen LogP contribution in [0.4, 0.5) is 5.95 Å². The summed E-state index contributed by atoms with van der Waals surface area (Å²) in [4.78, 5) is 12.4. The number of hydrogen-bond donors (Lipinski definition) is 1. The van der Waals surface area contributed by atoms with Gasteiger partial charge in [0, 0.05) is 29.5 Å². The number of fused-ring (bicyclic) bond motifs is 1. The van der Waals surface area contributed by atoms with Gasteiger partial charge in [0.15, 0.2) is 5.65 Å². The zero-order valence-electron chi connectivity index (χ0n) is 13.2. The van der Waals surface area contributed by atoms with Crippen LogP contribution in [0.15, 0.2) is 66.0 Å². The minimum atomic E-state index is -3.86. The summed E-state index contributed by atoms with van der Waals surface area (Å²) in [7, 11) is -3.86. The van der Waals surface area contributed by atoms with Crippen molar-refractivity contribution in [2.75, 3.05) is 5.73 Å². The fraction of sp³-hybridized carbons (Fsp3) is 0. The van der Waals surface area contributed by atoms with E-state index >= 15 is 0 Å². The molecule has 7 nitrogen and oxygen atoms in total. The zero-order valence-corrected chi connectivity index (χ0v) is 14.8. The fourth-order valence-electron chi connectivity index (χ4n) is 2.69. The van der Waals surface area contributed by atoms with Gasteiger partial charge in [-0.25, -0.2) is 27.3 Å². The van der Waals surface area contributed by atoms with Crippen LogP contribution in [0.5, 0.6) is 0 Å². The molecule has 0 saturated heterocycles. The Morgan fingerprint density at radius 2 is 1.73 bits per heavy atom. The first-order chi connectivity index (χ1) is 12.5. The second kappa shape index (κ2) is 6.08. The molecule has 0 saturated carbocycles. The lowest BCUT2D eigenvalue weighted by atomic mass is 10.1. The molecule has 0 radical (unpaired) electrons. The number of hydrogen-bond acceptors (Lipinski definition) is 6. The zero-order chi connectivity index (χ0) is 18.3. The fourth-order valence-corrected chi connectivity index (χ4v) is 4.28. The van der Waals surface area contributed by atoms with Crippen molar-refractivity contribution in [3.8, 4) is 11.3 Å². The number of nitrogen functional groups attached to an aromatic ring is 1. The molecule has 130 valence electrons. The number of nitrogens with zero attached hydrogens (tertiary/aromatic N) is 4. The summed E-state index contributed by atoms with van der Waals surface area (Å²) in [6.45, 7) is 0. The lowest BCUT2D eigenvalue weighted by molar-refractivity contribution is 0.589. The van der Waals surface area contributed by atoms with Gasteiger partial charge in [0.05, 0.1) is 15.6 Å². The standard InChI is InChI=1S/C17H12ClN5O2S/c18-13-6-8-20-16-15(13)12(14-7-9-21-17(19)22-14)10-23(16)26(24,25)11-4-2-1-3-5-11/h1-10H,(H2,19,21,22). The van der Waals surface area contributed by atoms with Crippen molar-refractivity contribution in [1.82, 2.24) is 18.9 Å². The van der Waals surface area contributed by atoms with Crippen LogP contribution < -0.4 is 5.73 Å². The van der Waals surface area contributed by atoms with Gasteiger partial charge in [0.2, 0.25) is 5.95 Å². The number of nitrogens with two attached hydrogens (primary N) is 1. The number of benzene rings is 1. The van der Waals surface area contributed by atoms with E-state index < -0.39 is 10.0 Å². The Morgan fingerprint density at radius 3 is 2.46 bits per heavy atom. The van der Waals surface area contributed by atoms with Crippen LogP contribution in [0.2, 0.25) is 5.02 Å². The minimum Gasteiger partial charge on any atom is -0.368 e. The van der Waals surface area contributed by atoms with Crippen molar-refractivity contribution in [3.05, 3.63) is 66.1 Å². The van der Waals surface area contributed by atoms with Crippen molar-refractivity contribution < 1.29 is 8.42 Å². The Labute approximate surface area is 154 Å². The molecule has 0 aliphatic rings. The van der Waals surface area contributed by atoms with E-state index in [-0.39, 0.29) is 16.5 Å². The number of rotatable bonds is 3. The van der Waals surface area contributed by atoms with E-state index in [0.717, 1.165) is 3.97 Å². The largest absolute Gasteiger partial charge is 0.368 e. The van der Waals surface area contributed by atoms with Crippen LogP contribution in [0.3, 0.4) is 0 Å². The van der Waals surface area contributed by atoms with Crippen LogP contribution >= 0.6 is 11.6 Å². The van der Waals surface area contributed by atoms with Crippen LogP contribution in [0.1, 0.15) is 0 Å². The first-order valence-electron chi connectivity index (χ1n) is 7.53. The average molecular weight is 386 g/mol. The molecule has 26 heavy (non-hydrogen) atoms. The number of anilines is 1. The lowest BCUT2D eigenvalue weighted by Crippen LogP contribution is -2.12. The van der Waals surface area contributed by atoms with Crippen molar-refractivity contribution in [3.63, 3.8) is 0 Å². The van der Waals surface area contributed by atoms with E-state index in [4.69, 9.17) is 17.3 Å². The van der Waals surface area contributed by atoms with E-state index in [1.54, 1.807) is 30.3 Å². The Balaban J connectivity index is 2.06. The maximum absolute atomic E-state index is 13.1. The van der Waals surface area contributed by atoms with Gasteiger partial charge in [-0.15, -0.1) is 0 Å². The lowest BCUT2D eigenvalue weighted by Gasteiger charge is -2.06. The highest BCUT2D eigenvalue weighted by atomic mass is 35.5. The molecule has 0 atom stereocenters. The second-order valence-electron chi connectivity index (χ2n) is 5.45. The summed E-state index contributed by atoms with van der Waals surface area (Å²) in [5.74, 6) is 0.0781. The maximum atomic E-state index is 13.1. The molecule has 4 rings (SSSR count). The quantitative estimate of drug-likeness (QED) is 0.581. The second-order valence-corrected chi connectivity index (χ2v) is 7.67. The van der Waals surface area contributed by atoms with E-state index in [9.17, 15) is 8.42 Å². The Morgan fingerprint density at radius 1 is 1.00 bits per heavy atom. The Hall–Kier alpha value is -2.97. The van der Waals surface area contributed by atoms with Gasteiger partial charge in [-0.2, -0.15) is 0 Å². The van der Waals surface area contributed by atoms with Gasteiger partial charge in [0.1, 0.15) is 0 Å². The molecule has 4 aromatic rings. The summed E-state index contributed by atoms with van der Waals surface area (Å²) < 4.78 is 27.3. The third kappa shape index (κ3) is 2.59. The third-order valence-electron chi connectivity index (χ3n) is 3.85. The van der Waals surface area contributed by atoms with Gasteiger partial charge in [0.25, 0.3) is 10.0 Å². The molecule has 9 heteroatoms. The van der Waals surface area contributed by atoms with E-state index in [1.165, 1.54) is 30.7 Å². The summed E-state index contributed by atoms with van der Waals surface area (Å²) in [6.07, 6.45) is 4.41. The topological polar surface area (TPSA) is 104 Å². The monoisotopic (exact) mass is 385 g/mol. The molecule has 3 aromatic heterocycles. The summed E-state index contributed by atoms with van der Waals surface area (Å²) >= 11 is 6.34. The Bertz CT molecular complexity index is 1220. The van der Waals surface area contributed by atoms with Gasteiger partial charge in [-0.1, -0.05) is 29.8 Å². The van der Waals surface area contributed by atoms with Gasteiger partial charge in [-0.3, -0.25) is 0 Å². The van der Waals surface area contributed by atoms with Gasteiger partial charge < -0.3 is 5.73 Å². The van der Waals surface area contributed by atoms with Crippen molar-refractivity contribution >= 4 is 38.6 Å². The van der Waals surface area contributed by atoms with Crippen LogP contribution in [-0.4, -0.2) is 27.3 Å². The summed E-state index contributed by atoms with van der Waals surface area (Å²) in [6, 6.07) is 11.3. The molecular formula is C17H12ClN5O2S. The highest BCUT2D eigenvalue weighted by Crippen LogP contribution is 2.35. The SMILES string of the molecule is Nc1nccc(-c2cn(S(=O)(=O)c3ccccc3)c3nccc(Cl)c23)n1. The molecule has 0 bridgehead atoms. The number of pyridine rings is 1. The smallest absolute Gasteiger partial charge is 0.269 e. The maximum Gasteiger partial charge on any atom is 0.269 e. The van der Waals surface area contributed by atoms with Crippen LogP contribution in [0, 0.1) is 0 Å². The van der Waals surface area contributed by atoms with Crippen molar-refractivity contribution in [2.24, 2.45) is 0 Å².